The molecular weight excluding hydrogens is 306 g/mol. The highest BCUT2D eigenvalue weighted by atomic mass is 16.5. The second kappa shape index (κ2) is 8.34. The molecule has 0 amide bonds. The fraction of sp³-hybridized carbons (Fsp3) is 0.778. The first-order valence-corrected chi connectivity index (χ1v) is 9.03. The van der Waals surface area contributed by atoms with Crippen molar-refractivity contribution < 1.29 is 14.9 Å². The Morgan fingerprint density at radius 1 is 1.33 bits per heavy atom. The number of nitrogens with one attached hydrogen (secondary N) is 1. The monoisotopic (exact) mass is 335 g/mol. The SMILES string of the molecule is COCCc1nccc(C[C@@H]2[C@@H](CO)[C@H](O)C[C@H]2NCC2CC2)n1. The van der Waals surface area contributed by atoms with Crippen LogP contribution in [-0.2, 0) is 17.6 Å². The van der Waals surface area contributed by atoms with Gasteiger partial charge < -0.3 is 20.3 Å². The lowest BCUT2D eigenvalue weighted by Gasteiger charge is -2.25. The van der Waals surface area contributed by atoms with Crippen LogP contribution in [0.4, 0.5) is 0 Å². The van der Waals surface area contributed by atoms with Crippen molar-refractivity contribution in [2.24, 2.45) is 17.8 Å². The van der Waals surface area contributed by atoms with E-state index in [1.807, 2.05) is 6.07 Å². The summed E-state index contributed by atoms with van der Waals surface area (Å²) in [5.74, 6) is 1.71. The quantitative estimate of drug-likeness (QED) is 0.611. The number of aliphatic hydroxyl groups is 2. The average Bonchev–Trinajstić information content (AvgIpc) is 3.36. The number of ether oxygens (including phenoxy) is 1. The summed E-state index contributed by atoms with van der Waals surface area (Å²) >= 11 is 0. The average molecular weight is 335 g/mol. The van der Waals surface area contributed by atoms with Gasteiger partial charge in [0.15, 0.2) is 0 Å². The van der Waals surface area contributed by atoms with Crippen molar-refractivity contribution in [2.45, 2.75) is 44.2 Å². The normalized spacial score (nSPS) is 30.0. The molecule has 1 aromatic rings. The van der Waals surface area contributed by atoms with Crippen molar-refractivity contribution in [2.75, 3.05) is 26.9 Å². The Balaban J connectivity index is 1.66. The van der Waals surface area contributed by atoms with Gasteiger partial charge in [0.05, 0.1) is 12.7 Å². The molecule has 4 atom stereocenters. The summed E-state index contributed by atoms with van der Waals surface area (Å²) in [6.07, 6.45) is 6.14. The second-order valence-electron chi connectivity index (χ2n) is 7.18. The molecule has 24 heavy (non-hydrogen) atoms. The molecule has 2 aliphatic carbocycles. The lowest BCUT2D eigenvalue weighted by atomic mass is 9.88. The van der Waals surface area contributed by atoms with E-state index in [0.29, 0.717) is 19.4 Å². The Hall–Kier alpha value is -1.08. The maximum atomic E-state index is 10.3. The van der Waals surface area contributed by atoms with E-state index in [0.717, 1.165) is 30.4 Å². The molecule has 0 unspecified atom stereocenters. The Bertz CT molecular complexity index is 524. The lowest BCUT2D eigenvalue weighted by molar-refractivity contribution is 0.0716. The van der Waals surface area contributed by atoms with E-state index in [-0.39, 0.29) is 24.5 Å². The van der Waals surface area contributed by atoms with Gasteiger partial charge in [-0.15, -0.1) is 0 Å². The summed E-state index contributed by atoms with van der Waals surface area (Å²) in [5, 5.41) is 23.7. The lowest BCUT2D eigenvalue weighted by Crippen LogP contribution is -2.37. The van der Waals surface area contributed by atoms with Gasteiger partial charge in [0.1, 0.15) is 5.82 Å². The molecule has 0 saturated heterocycles. The number of hydrogen-bond donors (Lipinski definition) is 3. The van der Waals surface area contributed by atoms with Crippen LogP contribution >= 0.6 is 0 Å². The number of aromatic nitrogens is 2. The van der Waals surface area contributed by atoms with Gasteiger partial charge in [-0.2, -0.15) is 0 Å². The highest BCUT2D eigenvalue weighted by molar-refractivity contribution is 5.08. The summed E-state index contributed by atoms with van der Waals surface area (Å²) in [4.78, 5) is 8.91. The molecule has 0 radical (unpaired) electrons. The molecule has 2 aliphatic rings. The molecule has 134 valence electrons. The van der Waals surface area contributed by atoms with Crippen LogP contribution in [0.5, 0.6) is 0 Å². The van der Waals surface area contributed by atoms with E-state index in [1.165, 1.54) is 12.8 Å². The fourth-order valence-electron chi connectivity index (χ4n) is 3.73. The third-order valence-electron chi connectivity index (χ3n) is 5.37. The molecule has 1 aromatic heterocycles. The van der Waals surface area contributed by atoms with E-state index >= 15 is 0 Å². The Labute approximate surface area is 143 Å². The molecule has 0 bridgehead atoms. The first-order valence-electron chi connectivity index (χ1n) is 9.03. The molecule has 3 rings (SSSR count). The highest BCUT2D eigenvalue weighted by Gasteiger charge is 2.42. The minimum Gasteiger partial charge on any atom is -0.396 e. The van der Waals surface area contributed by atoms with E-state index in [4.69, 9.17) is 4.74 Å². The first kappa shape index (κ1) is 17.7. The van der Waals surface area contributed by atoms with Crippen LogP contribution in [0.2, 0.25) is 0 Å². The molecule has 1 heterocycles. The van der Waals surface area contributed by atoms with Gasteiger partial charge in [-0.1, -0.05) is 0 Å². The predicted molar refractivity (Wildman–Crippen MR) is 90.5 cm³/mol. The van der Waals surface area contributed by atoms with Gasteiger partial charge in [0, 0.05) is 44.0 Å². The second-order valence-corrected chi connectivity index (χ2v) is 7.18. The highest BCUT2D eigenvalue weighted by Crippen LogP contribution is 2.36. The molecular formula is C18H29N3O3. The third-order valence-corrected chi connectivity index (χ3v) is 5.37. The number of methoxy groups -OCH3 is 1. The van der Waals surface area contributed by atoms with Crippen molar-refractivity contribution in [1.82, 2.24) is 15.3 Å². The van der Waals surface area contributed by atoms with Crippen LogP contribution < -0.4 is 5.32 Å². The van der Waals surface area contributed by atoms with Gasteiger partial charge in [-0.3, -0.25) is 0 Å². The van der Waals surface area contributed by atoms with E-state index in [2.05, 4.69) is 15.3 Å². The summed E-state index contributed by atoms with van der Waals surface area (Å²) in [5.41, 5.74) is 0.979. The Kier molecular flexibility index (Phi) is 6.16. The summed E-state index contributed by atoms with van der Waals surface area (Å²) in [6, 6.07) is 2.18. The van der Waals surface area contributed by atoms with Crippen molar-refractivity contribution in [3.8, 4) is 0 Å². The maximum absolute atomic E-state index is 10.3. The van der Waals surface area contributed by atoms with Crippen LogP contribution in [0.25, 0.3) is 0 Å². The van der Waals surface area contributed by atoms with Gasteiger partial charge in [-0.25, -0.2) is 9.97 Å². The summed E-state index contributed by atoms with van der Waals surface area (Å²) < 4.78 is 5.09. The van der Waals surface area contributed by atoms with Crippen molar-refractivity contribution in [3.05, 3.63) is 23.8 Å². The standard InChI is InChI=1S/C18H29N3O3/c1-24-7-5-18-19-6-4-13(21-18)8-14-15(11-22)17(23)9-16(14)20-10-12-2-3-12/h4,6,12,14-17,20,22-23H,2-3,5,7-11H2,1H3/t14-,15-,16-,17-/m1/s1. The fourth-order valence-corrected chi connectivity index (χ4v) is 3.73. The topological polar surface area (TPSA) is 87.5 Å². The van der Waals surface area contributed by atoms with Crippen LogP contribution in [0.3, 0.4) is 0 Å². The van der Waals surface area contributed by atoms with Crippen molar-refractivity contribution in [3.63, 3.8) is 0 Å². The Morgan fingerprint density at radius 3 is 2.88 bits per heavy atom. The summed E-state index contributed by atoms with van der Waals surface area (Å²) in [7, 11) is 1.67. The van der Waals surface area contributed by atoms with Gasteiger partial charge in [0.25, 0.3) is 0 Å². The predicted octanol–water partition coefficient (Wildman–Crippen LogP) is 0.566. The number of hydrogen-bond acceptors (Lipinski definition) is 6. The molecule has 2 saturated carbocycles. The minimum absolute atomic E-state index is 0.0229. The largest absolute Gasteiger partial charge is 0.396 e. The van der Waals surface area contributed by atoms with E-state index < -0.39 is 6.10 Å². The third kappa shape index (κ3) is 4.51. The molecule has 0 aromatic carbocycles. The van der Waals surface area contributed by atoms with Gasteiger partial charge in [0.2, 0.25) is 0 Å². The summed E-state index contributed by atoms with van der Waals surface area (Å²) in [6.45, 7) is 1.65. The molecule has 0 spiro atoms. The number of aliphatic hydroxyl groups excluding tert-OH is 2. The zero-order valence-corrected chi connectivity index (χ0v) is 14.4. The van der Waals surface area contributed by atoms with Gasteiger partial charge >= 0.3 is 0 Å². The molecule has 6 nitrogen and oxygen atoms in total. The van der Waals surface area contributed by atoms with E-state index in [1.54, 1.807) is 13.3 Å². The van der Waals surface area contributed by atoms with Crippen LogP contribution in [0.1, 0.15) is 30.8 Å². The Morgan fingerprint density at radius 2 is 2.17 bits per heavy atom. The maximum Gasteiger partial charge on any atom is 0.130 e. The van der Waals surface area contributed by atoms with Crippen LogP contribution in [-0.4, -0.2) is 59.2 Å². The molecule has 0 aliphatic heterocycles. The number of nitrogens with zero attached hydrogens (tertiary/aromatic N) is 2. The zero-order chi connectivity index (χ0) is 16.9. The van der Waals surface area contributed by atoms with Crippen molar-refractivity contribution >= 4 is 0 Å². The van der Waals surface area contributed by atoms with Crippen LogP contribution in [0, 0.1) is 17.8 Å². The smallest absolute Gasteiger partial charge is 0.130 e. The van der Waals surface area contributed by atoms with Crippen LogP contribution in [0.15, 0.2) is 12.3 Å². The molecule has 6 heteroatoms. The van der Waals surface area contributed by atoms with Gasteiger partial charge in [-0.05, 0) is 50.1 Å². The zero-order valence-electron chi connectivity index (χ0n) is 14.4. The van der Waals surface area contributed by atoms with E-state index in [9.17, 15) is 10.2 Å². The molecule has 2 fully saturated rings. The minimum atomic E-state index is -0.438. The molecule has 3 N–H and O–H groups in total. The van der Waals surface area contributed by atoms with Crippen molar-refractivity contribution in [1.29, 1.82) is 0 Å². The first-order chi connectivity index (χ1) is 11.7. The number of rotatable bonds is 9.